The van der Waals surface area contributed by atoms with E-state index in [1.54, 1.807) is 9.58 Å². The largest absolute Gasteiger partial charge is 0.394 e. The predicted octanol–water partition coefficient (Wildman–Crippen LogP) is 0.735. The van der Waals surface area contributed by atoms with Gasteiger partial charge in [0.2, 0.25) is 0 Å². The summed E-state index contributed by atoms with van der Waals surface area (Å²) in [7, 11) is 0. The average Bonchev–Trinajstić information content (AvgIpc) is 3.40. The summed E-state index contributed by atoms with van der Waals surface area (Å²) in [5.74, 6) is 0.664. The zero-order valence-corrected chi connectivity index (χ0v) is 16.4. The van der Waals surface area contributed by atoms with Gasteiger partial charge in [-0.05, 0) is 35.4 Å². The molecule has 0 radical (unpaired) electrons. The Bertz CT molecular complexity index is 794. The van der Waals surface area contributed by atoms with Gasteiger partial charge in [0, 0.05) is 25.3 Å². The number of hydrogen-bond donors (Lipinski definition) is 2. The number of hydrogen-bond acceptors (Lipinski definition) is 7. The molecule has 4 rings (SSSR count). The summed E-state index contributed by atoms with van der Waals surface area (Å²) in [6.45, 7) is 4.68. The molecule has 2 aliphatic heterocycles. The number of nitrogens with zero attached hydrogens (tertiary/aromatic N) is 6. The molecular weight excluding hydrogens is 374 g/mol. The van der Waals surface area contributed by atoms with Gasteiger partial charge in [-0.3, -0.25) is 4.90 Å². The maximum absolute atomic E-state index is 13.0. The maximum Gasteiger partial charge on any atom is 0.322 e. The van der Waals surface area contributed by atoms with Crippen molar-refractivity contribution in [3.8, 4) is 0 Å². The number of carbonyl (C=O) groups excluding carboxylic acids is 1. The first-order chi connectivity index (χ1) is 14.3. The van der Waals surface area contributed by atoms with E-state index in [4.69, 9.17) is 4.74 Å². The number of anilines is 1. The van der Waals surface area contributed by atoms with Crippen LogP contribution in [0.25, 0.3) is 0 Å². The Morgan fingerprint density at radius 3 is 2.72 bits per heavy atom. The summed E-state index contributed by atoms with van der Waals surface area (Å²) < 4.78 is 7.17. The highest BCUT2D eigenvalue weighted by molar-refractivity contribution is 5.90. The number of para-hydroxylation sites is 1. The predicted molar refractivity (Wildman–Crippen MR) is 105 cm³/mol. The summed E-state index contributed by atoms with van der Waals surface area (Å²) >= 11 is 0. The summed E-state index contributed by atoms with van der Waals surface area (Å²) in [6.07, 6.45) is 1.42. The Hall–Kier alpha value is -2.56. The van der Waals surface area contributed by atoms with Crippen LogP contribution in [0, 0.1) is 0 Å². The van der Waals surface area contributed by atoms with E-state index in [0.717, 1.165) is 32.8 Å². The van der Waals surface area contributed by atoms with Crippen LogP contribution in [0.3, 0.4) is 0 Å². The van der Waals surface area contributed by atoms with Gasteiger partial charge in [-0.1, -0.05) is 18.2 Å². The minimum absolute atomic E-state index is 0.0892. The molecule has 0 aliphatic carbocycles. The van der Waals surface area contributed by atoms with Gasteiger partial charge >= 0.3 is 6.03 Å². The Labute approximate surface area is 169 Å². The minimum atomic E-state index is -0.268. The molecule has 10 heteroatoms. The normalized spacial score (nSPS) is 22.7. The van der Waals surface area contributed by atoms with Crippen LogP contribution in [-0.4, -0.2) is 86.6 Å². The van der Waals surface area contributed by atoms with Gasteiger partial charge in [-0.15, -0.1) is 5.10 Å². The van der Waals surface area contributed by atoms with Gasteiger partial charge in [-0.2, -0.15) is 0 Å². The first-order valence-corrected chi connectivity index (χ1v) is 10.1. The number of rotatable bonds is 6. The number of aliphatic hydroxyl groups is 1. The van der Waals surface area contributed by atoms with Gasteiger partial charge in [0.05, 0.1) is 38.4 Å². The molecule has 2 amide bonds. The molecule has 1 aromatic carbocycles. The fraction of sp³-hybridized carbons (Fsp3) is 0.579. The molecule has 156 valence electrons. The van der Waals surface area contributed by atoms with Crippen LogP contribution in [0.2, 0.25) is 0 Å². The lowest BCUT2D eigenvalue weighted by Gasteiger charge is -2.29. The van der Waals surface area contributed by atoms with Crippen LogP contribution in [0.5, 0.6) is 0 Å². The number of urea groups is 1. The fourth-order valence-corrected chi connectivity index (χ4v) is 4.00. The molecular formula is C19H27N7O3. The van der Waals surface area contributed by atoms with E-state index >= 15 is 0 Å². The van der Waals surface area contributed by atoms with Crippen molar-refractivity contribution in [2.75, 3.05) is 44.8 Å². The summed E-state index contributed by atoms with van der Waals surface area (Å²) in [4.78, 5) is 17.0. The molecule has 0 spiro atoms. The van der Waals surface area contributed by atoms with Gasteiger partial charge in [-0.25, -0.2) is 9.48 Å². The summed E-state index contributed by atoms with van der Waals surface area (Å²) in [6, 6.07) is 8.53. The lowest BCUT2D eigenvalue weighted by atomic mass is 10.2. The number of amides is 2. The van der Waals surface area contributed by atoms with Crippen molar-refractivity contribution in [3.63, 3.8) is 0 Å². The Balaban J connectivity index is 1.47. The maximum atomic E-state index is 13.0. The second kappa shape index (κ2) is 9.29. The second-order valence-electron chi connectivity index (χ2n) is 7.35. The smallest absolute Gasteiger partial charge is 0.322 e. The van der Waals surface area contributed by atoms with Crippen LogP contribution in [0.4, 0.5) is 10.5 Å². The highest BCUT2D eigenvalue weighted by Gasteiger charge is 2.40. The number of likely N-dealkylation sites (tertiary alicyclic amines) is 1. The number of ether oxygens (including phenoxy) is 1. The van der Waals surface area contributed by atoms with Gasteiger partial charge in [0.15, 0.2) is 5.82 Å². The molecule has 29 heavy (non-hydrogen) atoms. The molecule has 0 bridgehead atoms. The van der Waals surface area contributed by atoms with E-state index in [2.05, 4.69) is 25.7 Å². The third-order valence-electron chi connectivity index (χ3n) is 5.56. The highest BCUT2D eigenvalue weighted by Crippen LogP contribution is 2.35. The molecule has 2 atom stereocenters. The van der Waals surface area contributed by atoms with Gasteiger partial charge in [0.25, 0.3) is 0 Å². The van der Waals surface area contributed by atoms with Crippen molar-refractivity contribution in [2.45, 2.75) is 31.5 Å². The van der Waals surface area contributed by atoms with Crippen LogP contribution in [-0.2, 0) is 11.3 Å². The van der Waals surface area contributed by atoms with Crippen molar-refractivity contribution < 1.29 is 14.6 Å². The van der Waals surface area contributed by atoms with Crippen molar-refractivity contribution >= 4 is 11.7 Å². The SMILES string of the molecule is O=C(Nc1ccccc1)N1[C@H](CO)CC[C@H]1c1nnnn1CCN1CCOCC1. The minimum Gasteiger partial charge on any atom is -0.394 e. The van der Waals surface area contributed by atoms with Crippen molar-refractivity contribution in [1.29, 1.82) is 0 Å². The average molecular weight is 401 g/mol. The number of nitrogens with one attached hydrogen (secondary N) is 1. The van der Waals surface area contributed by atoms with Crippen LogP contribution < -0.4 is 5.32 Å². The molecule has 10 nitrogen and oxygen atoms in total. The molecule has 0 saturated carbocycles. The zero-order chi connectivity index (χ0) is 20.1. The number of aliphatic hydroxyl groups excluding tert-OH is 1. The Morgan fingerprint density at radius 2 is 1.97 bits per heavy atom. The highest BCUT2D eigenvalue weighted by atomic mass is 16.5. The first-order valence-electron chi connectivity index (χ1n) is 10.1. The third kappa shape index (κ3) is 4.55. The summed E-state index contributed by atoms with van der Waals surface area (Å²) in [5, 5.41) is 25.0. The fourth-order valence-electron chi connectivity index (χ4n) is 4.00. The Kier molecular flexibility index (Phi) is 6.33. The van der Waals surface area contributed by atoms with E-state index in [-0.39, 0.29) is 24.7 Å². The monoisotopic (exact) mass is 401 g/mol. The number of morpholine rings is 1. The first kappa shape index (κ1) is 19.7. The number of aromatic nitrogens is 4. The number of benzene rings is 1. The molecule has 0 unspecified atom stereocenters. The molecule has 1 aromatic heterocycles. The van der Waals surface area contributed by atoms with Crippen molar-refractivity contribution in [3.05, 3.63) is 36.2 Å². The van der Waals surface area contributed by atoms with Crippen LogP contribution >= 0.6 is 0 Å². The molecule has 2 fully saturated rings. The zero-order valence-electron chi connectivity index (χ0n) is 16.4. The van der Waals surface area contributed by atoms with Crippen LogP contribution in [0.1, 0.15) is 24.7 Å². The standard InChI is InChI=1S/C19H27N7O3/c27-14-16-6-7-17(26(16)19(28)20-15-4-2-1-3-5-15)18-21-22-23-25(18)9-8-24-10-12-29-13-11-24/h1-5,16-17,27H,6-14H2,(H,20,28)/t16-,17-/m0/s1. The van der Waals surface area contributed by atoms with Crippen molar-refractivity contribution in [2.24, 2.45) is 0 Å². The number of carbonyl (C=O) groups is 1. The summed E-state index contributed by atoms with van der Waals surface area (Å²) in [5.41, 5.74) is 0.715. The molecule has 2 aliphatic rings. The van der Waals surface area contributed by atoms with E-state index in [0.29, 0.717) is 30.9 Å². The Morgan fingerprint density at radius 1 is 1.17 bits per heavy atom. The van der Waals surface area contributed by atoms with Crippen LogP contribution in [0.15, 0.2) is 30.3 Å². The lowest BCUT2D eigenvalue weighted by Crippen LogP contribution is -2.43. The molecule has 3 heterocycles. The second-order valence-corrected chi connectivity index (χ2v) is 7.35. The quantitative estimate of drug-likeness (QED) is 0.735. The third-order valence-corrected chi connectivity index (χ3v) is 5.56. The molecule has 2 N–H and O–H groups in total. The van der Waals surface area contributed by atoms with Gasteiger partial charge < -0.3 is 20.1 Å². The van der Waals surface area contributed by atoms with Gasteiger partial charge in [0.1, 0.15) is 0 Å². The van der Waals surface area contributed by atoms with Crippen molar-refractivity contribution in [1.82, 2.24) is 30.0 Å². The molecule has 2 aromatic rings. The lowest BCUT2D eigenvalue weighted by molar-refractivity contribution is 0.0356. The topological polar surface area (TPSA) is 109 Å². The van der Waals surface area contributed by atoms with E-state index in [1.165, 1.54) is 0 Å². The van der Waals surface area contributed by atoms with E-state index in [1.807, 2.05) is 30.3 Å². The van der Waals surface area contributed by atoms with E-state index < -0.39 is 0 Å². The van der Waals surface area contributed by atoms with E-state index in [9.17, 15) is 9.90 Å². The number of tetrazole rings is 1. The molecule has 2 saturated heterocycles.